The lowest BCUT2D eigenvalue weighted by atomic mass is 10.0. The highest BCUT2D eigenvalue weighted by atomic mass is 35.5. The van der Waals surface area contributed by atoms with Gasteiger partial charge in [-0.15, -0.1) is 24.2 Å². The van der Waals surface area contributed by atoms with E-state index in [9.17, 15) is 5.11 Å². The number of benzene rings is 2. The predicted octanol–water partition coefficient (Wildman–Crippen LogP) is 5.39. The molecule has 2 aromatic carbocycles. The monoisotopic (exact) mass is 536 g/mol. The first-order valence-electron chi connectivity index (χ1n) is 12.2. The zero-order chi connectivity index (χ0) is 25.4. The zero-order valence-corrected chi connectivity index (χ0v) is 23.9. The average Bonchev–Trinajstić information content (AvgIpc) is 2.87. The van der Waals surface area contributed by atoms with E-state index in [4.69, 9.17) is 14.2 Å². The molecule has 0 spiro atoms. The van der Waals surface area contributed by atoms with Crippen LogP contribution in [0, 0.1) is 0 Å². The quantitative estimate of drug-likeness (QED) is 0.386. The molecule has 36 heavy (non-hydrogen) atoms. The highest BCUT2D eigenvalue weighted by Gasteiger charge is 2.26. The summed E-state index contributed by atoms with van der Waals surface area (Å²) in [5.41, 5.74) is 1.99. The van der Waals surface area contributed by atoms with Crippen molar-refractivity contribution in [2.45, 2.75) is 43.1 Å². The highest BCUT2D eigenvalue weighted by Crippen LogP contribution is 2.38. The molecule has 0 saturated carbocycles. The molecule has 1 N–H and O–H groups in total. The van der Waals surface area contributed by atoms with E-state index in [0.717, 1.165) is 43.9 Å². The fourth-order valence-electron chi connectivity index (χ4n) is 4.38. The smallest absolute Gasteiger partial charge is 0.203 e. The molecular weight excluding hydrogens is 496 g/mol. The number of ether oxygens (including phenoxy) is 3. The van der Waals surface area contributed by atoms with Crippen molar-refractivity contribution >= 4 is 30.2 Å². The van der Waals surface area contributed by atoms with Crippen LogP contribution in [0.4, 0.5) is 0 Å². The first-order chi connectivity index (χ1) is 16.9. The Hall–Kier alpha value is -1.90. The molecule has 0 aromatic heterocycles. The number of halogens is 1. The van der Waals surface area contributed by atoms with Crippen molar-refractivity contribution in [2.75, 3.05) is 54.1 Å². The Labute approximate surface area is 227 Å². The van der Waals surface area contributed by atoms with Gasteiger partial charge < -0.3 is 19.3 Å². The number of methoxy groups -OCH3 is 3. The molecule has 0 radical (unpaired) electrons. The molecule has 1 fully saturated rings. The second-order valence-electron chi connectivity index (χ2n) is 9.12. The molecular formula is C28H41ClN2O4S. The maximum atomic E-state index is 11.0. The van der Waals surface area contributed by atoms with E-state index in [1.807, 2.05) is 23.9 Å². The Bertz CT molecular complexity index is 938. The molecule has 0 aliphatic carbocycles. The minimum absolute atomic E-state index is 0. The van der Waals surface area contributed by atoms with Crippen LogP contribution in [-0.4, -0.2) is 80.3 Å². The summed E-state index contributed by atoms with van der Waals surface area (Å²) >= 11 is 1.84. The SMILES string of the molecule is COc1cc(/C=C/CN2CCN(C(C)C(O)c3ccc(SC(C)C)cc3)CC2)cc(OC)c1OC.Cl. The van der Waals surface area contributed by atoms with Crippen LogP contribution in [-0.2, 0) is 0 Å². The van der Waals surface area contributed by atoms with Gasteiger partial charge in [0.25, 0.3) is 0 Å². The Kier molecular flexibility index (Phi) is 12.4. The first kappa shape index (κ1) is 30.3. The van der Waals surface area contributed by atoms with E-state index in [0.29, 0.717) is 22.5 Å². The number of hydrogen-bond donors (Lipinski definition) is 1. The largest absolute Gasteiger partial charge is 0.493 e. The molecule has 2 unspecified atom stereocenters. The normalized spacial score (nSPS) is 16.6. The summed E-state index contributed by atoms with van der Waals surface area (Å²) in [6.45, 7) is 11.2. The maximum Gasteiger partial charge on any atom is 0.203 e. The summed E-state index contributed by atoms with van der Waals surface area (Å²) in [5.74, 6) is 1.91. The van der Waals surface area contributed by atoms with E-state index in [1.54, 1.807) is 21.3 Å². The van der Waals surface area contributed by atoms with Gasteiger partial charge in [0.1, 0.15) is 0 Å². The molecule has 200 valence electrons. The van der Waals surface area contributed by atoms with Crippen molar-refractivity contribution in [3.63, 3.8) is 0 Å². The Morgan fingerprint density at radius 3 is 2.00 bits per heavy atom. The van der Waals surface area contributed by atoms with Crippen molar-refractivity contribution in [2.24, 2.45) is 0 Å². The summed E-state index contributed by atoms with van der Waals surface area (Å²) in [6.07, 6.45) is 3.77. The maximum absolute atomic E-state index is 11.0. The highest BCUT2D eigenvalue weighted by molar-refractivity contribution is 7.99. The van der Waals surface area contributed by atoms with Gasteiger partial charge in [0.05, 0.1) is 27.4 Å². The summed E-state index contributed by atoms with van der Waals surface area (Å²) in [7, 11) is 4.87. The average molecular weight is 537 g/mol. The number of aliphatic hydroxyl groups excluding tert-OH is 1. The molecule has 0 bridgehead atoms. The number of rotatable bonds is 11. The first-order valence-corrected chi connectivity index (χ1v) is 13.1. The van der Waals surface area contributed by atoms with Crippen LogP contribution in [0.3, 0.4) is 0 Å². The zero-order valence-electron chi connectivity index (χ0n) is 22.3. The summed E-state index contributed by atoms with van der Waals surface area (Å²) in [5, 5.41) is 11.5. The van der Waals surface area contributed by atoms with Crippen LogP contribution in [0.15, 0.2) is 47.4 Å². The van der Waals surface area contributed by atoms with Crippen LogP contribution in [0.1, 0.15) is 38.0 Å². The number of hydrogen-bond acceptors (Lipinski definition) is 7. The summed E-state index contributed by atoms with van der Waals surface area (Å²) in [4.78, 5) is 6.07. The van der Waals surface area contributed by atoms with Gasteiger partial charge in [0.2, 0.25) is 5.75 Å². The van der Waals surface area contributed by atoms with Crippen LogP contribution in [0.2, 0.25) is 0 Å². The van der Waals surface area contributed by atoms with Crippen LogP contribution >= 0.6 is 24.2 Å². The fourth-order valence-corrected chi connectivity index (χ4v) is 5.22. The van der Waals surface area contributed by atoms with Gasteiger partial charge >= 0.3 is 0 Å². The third-order valence-corrected chi connectivity index (χ3v) is 7.41. The Morgan fingerprint density at radius 1 is 0.917 bits per heavy atom. The lowest BCUT2D eigenvalue weighted by molar-refractivity contribution is 0.0286. The molecule has 1 aliphatic heterocycles. The van der Waals surface area contributed by atoms with Crippen LogP contribution < -0.4 is 14.2 Å². The second kappa shape index (κ2) is 14.7. The van der Waals surface area contributed by atoms with Gasteiger partial charge in [-0.25, -0.2) is 0 Å². The minimum atomic E-state index is -0.487. The summed E-state index contributed by atoms with van der Waals surface area (Å²) < 4.78 is 16.3. The van der Waals surface area contributed by atoms with E-state index < -0.39 is 6.10 Å². The van der Waals surface area contributed by atoms with E-state index in [1.165, 1.54) is 4.90 Å². The predicted molar refractivity (Wildman–Crippen MR) is 152 cm³/mol. The minimum Gasteiger partial charge on any atom is -0.493 e. The van der Waals surface area contributed by atoms with Gasteiger partial charge in [-0.1, -0.05) is 38.1 Å². The standard InChI is InChI=1S/C28H40N2O4S.ClH/c1-20(2)35-24-11-9-23(10-12-24)27(31)21(3)30-16-14-29(15-17-30)13-7-8-22-18-25(32-4)28(34-6)26(19-22)33-5;/h7-12,18-21,27,31H,13-17H2,1-6H3;1H/b8-7+;. The van der Waals surface area contributed by atoms with Gasteiger partial charge in [0.15, 0.2) is 11.5 Å². The molecule has 8 heteroatoms. The second-order valence-corrected chi connectivity index (χ2v) is 10.8. The van der Waals surface area contributed by atoms with Crippen molar-refractivity contribution < 1.29 is 19.3 Å². The molecule has 1 heterocycles. The van der Waals surface area contributed by atoms with Crippen molar-refractivity contribution in [1.29, 1.82) is 0 Å². The van der Waals surface area contributed by atoms with Crippen molar-refractivity contribution in [3.8, 4) is 17.2 Å². The Balaban J connectivity index is 0.00000456. The third-order valence-electron chi connectivity index (χ3n) is 6.39. The molecule has 1 saturated heterocycles. The van der Waals surface area contributed by atoms with Gasteiger partial charge in [-0.05, 0) is 42.3 Å². The van der Waals surface area contributed by atoms with Gasteiger partial charge in [0, 0.05) is 48.9 Å². The third kappa shape index (κ3) is 8.05. The van der Waals surface area contributed by atoms with E-state index in [-0.39, 0.29) is 18.4 Å². The van der Waals surface area contributed by atoms with E-state index >= 15 is 0 Å². The number of aliphatic hydroxyl groups is 1. The number of piperazine rings is 1. The van der Waals surface area contributed by atoms with Gasteiger partial charge in [-0.3, -0.25) is 9.80 Å². The molecule has 2 atom stereocenters. The topological polar surface area (TPSA) is 54.4 Å². The van der Waals surface area contributed by atoms with E-state index in [2.05, 4.69) is 67.0 Å². The lowest BCUT2D eigenvalue weighted by Crippen LogP contribution is -2.50. The fraction of sp³-hybridized carbons (Fsp3) is 0.500. The van der Waals surface area contributed by atoms with Crippen molar-refractivity contribution in [3.05, 3.63) is 53.6 Å². The molecule has 1 aliphatic rings. The van der Waals surface area contributed by atoms with Crippen LogP contribution in [0.25, 0.3) is 6.08 Å². The number of nitrogens with zero attached hydrogens (tertiary/aromatic N) is 2. The lowest BCUT2D eigenvalue weighted by Gasteiger charge is -2.39. The Morgan fingerprint density at radius 2 is 1.50 bits per heavy atom. The molecule has 2 aromatic rings. The molecule has 6 nitrogen and oxygen atoms in total. The number of thioether (sulfide) groups is 1. The molecule has 3 rings (SSSR count). The van der Waals surface area contributed by atoms with Crippen LogP contribution in [0.5, 0.6) is 17.2 Å². The van der Waals surface area contributed by atoms with Gasteiger partial charge in [-0.2, -0.15) is 0 Å². The van der Waals surface area contributed by atoms with Crippen molar-refractivity contribution in [1.82, 2.24) is 9.80 Å². The molecule has 0 amide bonds. The summed E-state index contributed by atoms with van der Waals surface area (Å²) in [6, 6.07) is 12.4.